The van der Waals surface area contributed by atoms with Gasteiger partial charge in [-0.2, -0.15) is 13.2 Å². The molecule has 1 aromatic carbocycles. The molecule has 0 aromatic heterocycles. The van der Waals surface area contributed by atoms with Gasteiger partial charge in [0, 0.05) is 16.8 Å². The zero-order chi connectivity index (χ0) is 14.0. The summed E-state index contributed by atoms with van der Waals surface area (Å²) in [5.41, 5.74) is -1.03. The van der Waals surface area contributed by atoms with E-state index < -0.39 is 11.7 Å². The van der Waals surface area contributed by atoms with E-state index in [1.807, 2.05) is 0 Å². The predicted octanol–water partition coefficient (Wildman–Crippen LogP) is 3.05. The van der Waals surface area contributed by atoms with Crippen molar-refractivity contribution in [3.8, 4) is 0 Å². The van der Waals surface area contributed by atoms with Crippen molar-refractivity contribution in [2.75, 3.05) is 11.9 Å². The molecule has 104 valence electrons. The third-order valence-corrected chi connectivity index (χ3v) is 2.90. The predicted molar refractivity (Wildman–Crippen MR) is 66.1 cm³/mol. The number of benzene rings is 1. The number of alkyl halides is 3. The van der Waals surface area contributed by atoms with E-state index in [2.05, 4.69) is 10.6 Å². The van der Waals surface area contributed by atoms with Crippen LogP contribution in [0.1, 0.15) is 18.4 Å². The highest BCUT2D eigenvalue weighted by Crippen LogP contribution is 2.36. The van der Waals surface area contributed by atoms with E-state index in [1.165, 1.54) is 12.1 Å². The maximum atomic E-state index is 12.8. The first-order chi connectivity index (χ1) is 8.86. The lowest BCUT2D eigenvalue weighted by Gasteiger charge is -2.14. The molecule has 7 heteroatoms. The Morgan fingerprint density at radius 2 is 2.05 bits per heavy atom. The number of carbonyl (C=O) groups excluding carboxylic acids is 1. The molecule has 0 unspecified atom stereocenters. The highest BCUT2D eigenvalue weighted by atomic mass is 35.5. The van der Waals surface area contributed by atoms with E-state index in [-0.39, 0.29) is 29.2 Å². The summed E-state index contributed by atoms with van der Waals surface area (Å²) in [6.45, 7) is -0.193. The van der Waals surface area contributed by atoms with Crippen LogP contribution in [0.5, 0.6) is 0 Å². The molecule has 0 spiro atoms. The summed E-state index contributed by atoms with van der Waals surface area (Å²) >= 11 is 5.56. The van der Waals surface area contributed by atoms with Gasteiger partial charge in [-0.15, -0.1) is 0 Å². The van der Waals surface area contributed by atoms with Crippen LogP contribution < -0.4 is 10.6 Å². The van der Waals surface area contributed by atoms with Gasteiger partial charge in [-0.05, 0) is 31.0 Å². The number of carbonyl (C=O) groups is 1. The summed E-state index contributed by atoms with van der Waals surface area (Å²) in [6.07, 6.45) is -2.65. The number of rotatable bonds is 4. The zero-order valence-electron chi connectivity index (χ0n) is 9.85. The number of hydrogen-bond acceptors (Lipinski definition) is 2. The first-order valence-corrected chi connectivity index (χ1v) is 6.14. The van der Waals surface area contributed by atoms with Gasteiger partial charge in [-0.25, -0.2) is 0 Å². The molecule has 0 radical (unpaired) electrons. The standard InChI is InChI=1S/C12H12ClF3N2O/c13-7-1-4-10(9(5-7)12(14,15)16)17-6-11(19)18-8-2-3-8/h1,4-5,8,17H,2-3,6H2,(H,18,19). The van der Waals surface area contributed by atoms with E-state index in [1.54, 1.807) is 0 Å². The smallest absolute Gasteiger partial charge is 0.376 e. The minimum Gasteiger partial charge on any atom is -0.376 e. The van der Waals surface area contributed by atoms with Crippen molar-refractivity contribution in [2.45, 2.75) is 25.1 Å². The Bertz CT molecular complexity index is 486. The quantitative estimate of drug-likeness (QED) is 0.895. The molecule has 1 aliphatic rings. The molecule has 2 N–H and O–H groups in total. The van der Waals surface area contributed by atoms with E-state index in [0.717, 1.165) is 18.9 Å². The van der Waals surface area contributed by atoms with Gasteiger partial charge < -0.3 is 10.6 Å². The Balaban J connectivity index is 2.04. The Morgan fingerprint density at radius 3 is 2.63 bits per heavy atom. The monoisotopic (exact) mass is 292 g/mol. The van der Waals surface area contributed by atoms with Crippen LogP contribution >= 0.6 is 11.6 Å². The molecule has 1 amide bonds. The van der Waals surface area contributed by atoms with Crippen LogP contribution in [0, 0.1) is 0 Å². The maximum absolute atomic E-state index is 12.8. The highest BCUT2D eigenvalue weighted by Gasteiger charge is 2.34. The third kappa shape index (κ3) is 4.02. The summed E-state index contributed by atoms with van der Waals surface area (Å²) in [7, 11) is 0. The van der Waals surface area contributed by atoms with Gasteiger partial charge in [0.05, 0.1) is 12.1 Å². The molecule has 1 aliphatic carbocycles. The number of amides is 1. The fraction of sp³-hybridized carbons (Fsp3) is 0.417. The van der Waals surface area contributed by atoms with E-state index in [0.29, 0.717) is 0 Å². The molecule has 3 nitrogen and oxygen atoms in total. The summed E-state index contributed by atoms with van der Waals surface area (Å²) < 4.78 is 38.3. The molecule has 1 saturated carbocycles. The number of anilines is 1. The average Bonchev–Trinajstić information content (AvgIpc) is 3.10. The SMILES string of the molecule is O=C(CNc1ccc(Cl)cc1C(F)(F)F)NC1CC1. The van der Waals surface area contributed by atoms with Gasteiger partial charge in [0.25, 0.3) is 0 Å². The second-order valence-electron chi connectivity index (χ2n) is 4.38. The van der Waals surface area contributed by atoms with Gasteiger partial charge in [-0.1, -0.05) is 11.6 Å². The lowest BCUT2D eigenvalue weighted by Crippen LogP contribution is -2.31. The van der Waals surface area contributed by atoms with Gasteiger partial charge in [0.2, 0.25) is 5.91 Å². The van der Waals surface area contributed by atoms with Crippen LogP contribution in [0.4, 0.5) is 18.9 Å². The lowest BCUT2D eigenvalue weighted by molar-refractivity contribution is -0.137. The minimum atomic E-state index is -4.51. The van der Waals surface area contributed by atoms with Crippen LogP contribution in [0.3, 0.4) is 0 Å². The molecule has 0 heterocycles. The third-order valence-electron chi connectivity index (χ3n) is 2.67. The molecule has 0 atom stereocenters. The Labute approximate surface area is 113 Å². The van der Waals surface area contributed by atoms with Crippen LogP contribution in [0.25, 0.3) is 0 Å². The molecular weight excluding hydrogens is 281 g/mol. The van der Waals surface area contributed by atoms with Crippen molar-refractivity contribution < 1.29 is 18.0 Å². The fourth-order valence-corrected chi connectivity index (χ4v) is 1.76. The van der Waals surface area contributed by atoms with Crippen molar-refractivity contribution in [2.24, 2.45) is 0 Å². The van der Waals surface area contributed by atoms with Crippen LogP contribution in [0.2, 0.25) is 5.02 Å². The summed E-state index contributed by atoms with van der Waals surface area (Å²) in [5.74, 6) is -0.314. The van der Waals surface area contributed by atoms with E-state index in [4.69, 9.17) is 11.6 Å². The molecule has 0 saturated heterocycles. The number of hydrogen-bond donors (Lipinski definition) is 2. The van der Waals surface area contributed by atoms with E-state index in [9.17, 15) is 18.0 Å². The Morgan fingerprint density at radius 1 is 1.37 bits per heavy atom. The normalized spacial score (nSPS) is 15.2. The topological polar surface area (TPSA) is 41.1 Å². The molecule has 1 fully saturated rings. The second kappa shape index (κ2) is 5.28. The Kier molecular flexibility index (Phi) is 3.89. The molecule has 1 aromatic rings. The van der Waals surface area contributed by atoms with Gasteiger partial charge in [0.15, 0.2) is 0 Å². The van der Waals surface area contributed by atoms with Crippen molar-refractivity contribution in [3.05, 3.63) is 28.8 Å². The first-order valence-electron chi connectivity index (χ1n) is 5.76. The van der Waals surface area contributed by atoms with Crippen LogP contribution in [-0.2, 0) is 11.0 Å². The van der Waals surface area contributed by atoms with Crippen molar-refractivity contribution in [3.63, 3.8) is 0 Å². The van der Waals surface area contributed by atoms with Crippen LogP contribution in [0.15, 0.2) is 18.2 Å². The van der Waals surface area contributed by atoms with Gasteiger partial charge >= 0.3 is 6.18 Å². The van der Waals surface area contributed by atoms with Crippen molar-refractivity contribution >= 4 is 23.2 Å². The van der Waals surface area contributed by atoms with Crippen molar-refractivity contribution in [1.82, 2.24) is 5.32 Å². The maximum Gasteiger partial charge on any atom is 0.418 e. The average molecular weight is 293 g/mol. The van der Waals surface area contributed by atoms with Crippen molar-refractivity contribution in [1.29, 1.82) is 0 Å². The number of nitrogens with one attached hydrogen (secondary N) is 2. The number of halogens is 4. The fourth-order valence-electron chi connectivity index (χ4n) is 1.59. The summed E-state index contributed by atoms with van der Waals surface area (Å²) in [5, 5.41) is 5.17. The zero-order valence-corrected chi connectivity index (χ0v) is 10.6. The highest BCUT2D eigenvalue weighted by molar-refractivity contribution is 6.30. The van der Waals surface area contributed by atoms with Crippen LogP contribution in [-0.4, -0.2) is 18.5 Å². The molecule has 0 bridgehead atoms. The molecule has 0 aliphatic heterocycles. The largest absolute Gasteiger partial charge is 0.418 e. The van der Waals surface area contributed by atoms with E-state index >= 15 is 0 Å². The summed E-state index contributed by atoms with van der Waals surface area (Å²) in [6, 6.07) is 3.58. The molecule has 2 rings (SSSR count). The summed E-state index contributed by atoms with van der Waals surface area (Å²) in [4.78, 5) is 11.4. The lowest BCUT2D eigenvalue weighted by atomic mass is 10.1. The first kappa shape index (κ1) is 14.0. The second-order valence-corrected chi connectivity index (χ2v) is 4.82. The molecule has 19 heavy (non-hydrogen) atoms. The Hall–Kier alpha value is -1.43. The molecular formula is C12H12ClF3N2O. The van der Waals surface area contributed by atoms with Gasteiger partial charge in [0.1, 0.15) is 0 Å². The van der Waals surface area contributed by atoms with Gasteiger partial charge in [-0.3, -0.25) is 4.79 Å². The minimum absolute atomic E-state index is 0.000284.